The molecule has 0 unspecified atom stereocenters. The van der Waals surface area contributed by atoms with Gasteiger partial charge in [-0.3, -0.25) is 24.5 Å². The normalized spacial score (nSPS) is 14.5. The molecule has 1 saturated carbocycles. The minimum absolute atomic E-state index is 0.0192. The van der Waals surface area contributed by atoms with Crippen LogP contribution in [-0.2, 0) is 9.59 Å². The van der Waals surface area contributed by atoms with Crippen LogP contribution in [0, 0.1) is 16.0 Å². The van der Waals surface area contributed by atoms with Crippen LogP contribution in [0.15, 0.2) is 54.2 Å². The maximum Gasteiger partial charge on any atom is 0.272 e. The van der Waals surface area contributed by atoms with Crippen LogP contribution in [0.4, 0.5) is 11.4 Å². The Balaban J connectivity index is 1.88. The summed E-state index contributed by atoms with van der Waals surface area (Å²) in [6, 6.07) is 12.3. The molecule has 32 heavy (non-hydrogen) atoms. The van der Waals surface area contributed by atoms with E-state index in [4.69, 9.17) is 0 Å². The van der Waals surface area contributed by atoms with E-state index in [1.807, 2.05) is 0 Å². The average molecular weight is 435 g/mol. The van der Waals surface area contributed by atoms with Crippen LogP contribution in [0.2, 0.25) is 0 Å². The van der Waals surface area contributed by atoms with Crippen molar-refractivity contribution in [3.05, 3.63) is 75.5 Å². The molecular formula is C24H25N3O5. The number of anilines is 1. The molecule has 8 nitrogen and oxygen atoms in total. The Bertz CT molecular complexity index is 1070. The van der Waals surface area contributed by atoms with Gasteiger partial charge < -0.3 is 10.6 Å². The number of carbonyl (C=O) groups is 3. The predicted octanol–water partition coefficient (Wildman–Crippen LogP) is 4.47. The van der Waals surface area contributed by atoms with Crippen LogP contribution >= 0.6 is 0 Å². The lowest BCUT2D eigenvalue weighted by molar-refractivity contribution is -0.384. The Hall–Kier alpha value is -3.81. The van der Waals surface area contributed by atoms with E-state index in [0.29, 0.717) is 16.8 Å². The smallest absolute Gasteiger partial charge is 0.272 e. The number of nitrogens with one attached hydrogen (secondary N) is 2. The van der Waals surface area contributed by atoms with Crippen molar-refractivity contribution >= 4 is 35.0 Å². The first-order valence-corrected chi connectivity index (χ1v) is 10.5. The molecule has 3 rings (SSSR count). The summed E-state index contributed by atoms with van der Waals surface area (Å²) in [6.45, 7) is 1.43. The fourth-order valence-corrected chi connectivity index (χ4v) is 3.67. The Labute approximate surface area is 185 Å². The fraction of sp³-hybridized carbons (Fsp3) is 0.292. The summed E-state index contributed by atoms with van der Waals surface area (Å²) in [5.41, 5.74) is 1.11. The highest BCUT2D eigenvalue weighted by Crippen LogP contribution is 2.24. The first-order valence-electron chi connectivity index (χ1n) is 10.5. The molecule has 0 bridgehead atoms. The maximum absolute atomic E-state index is 13.0. The third-order valence-corrected chi connectivity index (χ3v) is 5.40. The molecule has 0 atom stereocenters. The fourth-order valence-electron chi connectivity index (χ4n) is 3.67. The van der Waals surface area contributed by atoms with E-state index in [9.17, 15) is 24.5 Å². The largest absolute Gasteiger partial charge is 0.321 e. The van der Waals surface area contributed by atoms with Crippen molar-refractivity contribution in [3.63, 3.8) is 0 Å². The lowest BCUT2D eigenvalue weighted by Gasteiger charge is -2.21. The molecule has 0 heterocycles. The molecule has 2 aromatic rings. The molecule has 166 valence electrons. The van der Waals surface area contributed by atoms with Crippen LogP contribution < -0.4 is 10.6 Å². The molecule has 0 radical (unpaired) electrons. The predicted molar refractivity (Wildman–Crippen MR) is 121 cm³/mol. The molecule has 0 saturated heterocycles. The first-order chi connectivity index (χ1) is 15.3. The molecule has 2 amide bonds. The van der Waals surface area contributed by atoms with Gasteiger partial charge in [-0.2, -0.15) is 0 Å². The second-order valence-corrected chi connectivity index (χ2v) is 7.83. The second-order valence-electron chi connectivity index (χ2n) is 7.83. The van der Waals surface area contributed by atoms with Crippen LogP contribution in [0.25, 0.3) is 6.08 Å². The van der Waals surface area contributed by atoms with Gasteiger partial charge in [0.2, 0.25) is 5.91 Å². The van der Waals surface area contributed by atoms with Gasteiger partial charge in [0.25, 0.3) is 11.6 Å². The minimum atomic E-state index is -0.582. The van der Waals surface area contributed by atoms with Crippen molar-refractivity contribution in [2.75, 3.05) is 5.32 Å². The van der Waals surface area contributed by atoms with Gasteiger partial charge >= 0.3 is 0 Å². The Kier molecular flexibility index (Phi) is 7.49. The van der Waals surface area contributed by atoms with Crippen molar-refractivity contribution in [3.8, 4) is 0 Å². The van der Waals surface area contributed by atoms with Crippen molar-refractivity contribution in [2.24, 2.45) is 5.92 Å². The van der Waals surface area contributed by atoms with E-state index in [-0.39, 0.29) is 29.0 Å². The van der Waals surface area contributed by atoms with Crippen molar-refractivity contribution in [2.45, 2.75) is 39.0 Å². The van der Waals surface area contributed by atoms with Gasteiger partial charge in [0.05, 0.1) is 4.92 Å². The SMILES string of the molecule is CC(=O)c1cccc(NC(=O)/C(=C/c2cccc([N+](=O)[O-])c2)NC(=O)C2CCCCC2)c1. The third-order valence-electron chi connectivity index (χ3n) is 5.40. The highest BCUT2D eigenvalue weighted by molar-refractivity contribution is 6.09. The van der Waals surface area contributed by atoms with Gasteiger partial charge in [-0.15, -0.1) is 0 Å². The zero-order valence-electron chi connectivity index (χ0n) is 17.8. The number of rotatable bonds is 7. The lowest BCUT2D eigenvalue weighted by Crippen LogP contribution is -2.35. The zero-order valence-corrected chi connectivity index (χ0v) is 17.8. The number of benzene rings is 2. The number of hydrogen-bond acceptors (Lipinski definition) is 5. The summed E-state index contributed by atoms with van der Waals surface area (Å²) in [6.07, 6.45) is 5.96. The number of hydrogen-bond donors (Lipinski definition) is 2. The van der Waals surface area contributed by atoms with Crippen molar-refractivity contribution in [1.29, 1.82) is 0 Å². The summed E-state index contributed by atoms with van der Waals surface area (Å²) in [4.78, 5) is 48.0. The van der Waals surface area contributed by atoms with Crippen LogP contribution in [0.1, 0.15) is 54.9 Å². The third kappa shape index (κ3) is 6.10. The van der Waals surface area contributed by atoms with Crippen molar-refractivity contribution in [1.82, 2.24) is 5.32 Å². The number of nitro groups is 1. The molecular weight excluding hydrogens is 410 g/mol. The Morgan fingerprint density at radius 1 is 1.03 bits per heavy atom. The number of Topliss-reactive ketones (excluding diaryl/α,β-unsaturated/α-hetero) is 1. The van der Waals surface area contributed by atoms with Gasteiger partial charge in [0.15, 0.2) is 5.78 Å². The number of nitro benzene ring substituents is 1. The topological polar surface area (TPSA) is 118 Å². The molecule has 2 N–H and O–H groups in total. The van der Waals surface area contributed by atoms with Gasteiger partial charge in [-0.05, 0) is 43.5 Å². The molecule has 1 aliphatic rings. The molecule has 8 heteroatoms. The van der Waals surface area contributed by atoms with E-state index >= 15 is 0 Å². The molecule has 2 aromatic carbocycles. The van der Waals surface area contributed by atoms with E-state index in [1.54, 1.807) is 30.3 Å². The Morgan fingerprint density at radius 2 is 1.75 bits per heavy atom. The number of ketones is 1. The number of amides is 2. The van der Waals surface area contributed by atoms with E-state index in [0.717, 1.165) is 32.1 Å². The van der Waals surface area contributed by atoms with Crippen molar-refractivity contribution < 1.29 is 19.3 Å². The van der Waals surface area contributed by atoms with E-state index in [1.165, 1.54) is 31.2 Å². The molecule has 1 fully saturated rings. The quantitative estimate of drug-likeness (QED) is 0.288. The highest BCUT2D eigenvalue weighted by Gasteiger charge is 2.24. The molecule has 1 aliphatic carbocycles. The Morgan fingerprint density at radius 3 is 2.44 bits per heavy atom. The summed E-state index contributed by atoms with van der Waals surface area (Å²) < 4.78 is 0. The zero-order chi connectivity index (χ0) is 23.1. The number of carbonyl (C=O) groups excluding carboxylic acids is 3. The van der Waals surface area contributed by atoms with E-state index in [2.05, 4.69) is 10.6 Å². The van der Waals surface area contributed by atoms with E-state index < -0.39 is 10.8 Å². The summed E-state index contributed by atoms with van der Waals surface area (Å²) in [5, 5.41) is 16.5. The minimum Gasteiger partial charge on any atom is -0.321 e. The number of nitrogens with zero attached hydrogens (tertiary/aromatic N) is 1. The molecule has 0 aliphatic heterocycles. The second kappa shape index (κ2) is 10.5. The summed E-state index contributed by atoms with van der Waals surface area (Å²) in [7, 11) is 0. The van der Waals surface area contributed by atoms with Gasteiger partial charge in [0, 0.05) is 29.3 Å². The van der Waals surface area contributed by atoms with Gasteiger partial charge in [0.1, 0.15) is 5.70 Å². The molecule has 0 spiro atoms. The standard InChI is InChI=1S/C24H25N3O5/c1-16(28)19-10-6-11-20(15-19)25-24(30)22(26-23(29)18-8-3-2-4-9-18)14-17-7-5-12-21(13-17)27(31)32/h5-7,10-15,18H,2-4,8-9H2,1H3,(H,25,30)(H,26,29)/b22-14-. The lowest BCUT2D eigenvalue weighted by atomic mass is 9.88. The maximum atomic E-state index is 13.0. The van der Waals surface area contributed by atoms with Crippen LogP contribution in [0.3, 0.4) is 0 Å². The van der Waals surface area contributed by atoms with Gasteiger partial charge in [-0.25, -0.2) is 0 Å². The summed E-state index contributed by atoms with van der Waals surface area (Å²) >= 11 is 0. The average Bonchev–Trinajstić information content (AvgIpc) is 2.79. The summed E-state index contributed by atoms with van der Waals surface area (Å²) in [5.74, 6) is -1.14. The van der Waals surface area contributed by atoms with Crippen LogP contribution in [0.5, 0.6) is 0 Å². The molecule has 0 aromatic heterocycles. The highest BCUT2D eigenvalue weighted by atomic mass is 16.6. The van der Waals surface area contributed by atoms with Crippen LogP contribution in [-0.4, -0.2) is 22.5 Å². The van der Waals surface area contributed by atoms with Gasteiger partial charge in [-0.1, -0.05) is 43.5 Å². The number of non-ortho nitro benzene ring substituents is 1. The monoisotopic (exact) mass is 435 g/mol. The first kappa shape index (κ1) is 22.9.